The number of rotatable bonds is 2. The maximum absolute atomic E-state index is 8.85. The van der Waals surface area contributed by atoms with Crippen molar-refractivity contribution in [1.29, 1.82) is 10.5 Å². The topological polar surface area (TPSA) is 56.8 Å². The predicted molar refractivity (Wildman–Crippen MR) is 67.1 cm³/mol. The summed E-state index contributed by atoms with van der Waals surface area (Å²) in [6.45, 7) is 1.92. The van der Waals surface area contributed by atoms with Gasteiger partial charge in [-0.3, -0.25) is 0 Å². The lowest BCUT2D eigenvalue weighted by molar-refractivity contribution is 0.478. The van der Waals surface area contributed by atoms with E-state index in [2.05, 4.69) is 6.07 Å². The lowest BCUT2D eigenvalue weighted by atomic mass is 10.1. The molecule has 0 N–H and O–H groups in total. The SMILES string of the molecule is Cc1ccc(C#N)cc1Oc1ccc(C#N)cc1. The fraction of sp³-hybridized carbons (Fsp3) is 0.0667. The number of nitriles is 2. The molecule has 0 saturated heterocycles. The average molecular weight is 234 g/mol. The normalized spacial score (nSPS) is 9.28. The van der Waals surface area contributed by atoms with E-state index in [0.29, 0.717) is 22.6 Å². The van der Waals surface area contributed by atoms with Crippen molar-refractivity contribution in [3.8, 4) is 23.6 Å². The van der Waals surface area contributed by atoms with Crippen molar-refractivity contribution in [3.05, 3.63) is 59.2 Å². The van der Waals surface area contributed by atoms with Crippen LogP contribution in [0.2, 0.25) is 0 Å². The summed E-state index contributed by atoms with van der Waals surface area (Å²) in [4.78, 5) is 0. The van der Waals surface area contributed by atoms with Crippen LogP contribution >= 0.6 is 0 Å². The summed E-state index contributed by atoms with van der Waals surface area (Å²) < 4.78 is 5.69. The standard InChI is InChI=1S/C15H10N2O/c1-11-2-3-13(10-17)8-15(11)18-14-6-4-12(9-16)5-7-14/h2-8H,1H3. The second-order valence-electron chi connectivity index (χ2n) is 3.83. The van der Waals surface area contributed by atoms with E-state index in [-0.39, 0.29) is 0 Å². The van der Waals surface area contributed by atoms with Crippen LogP contribution < -0.4 is 4.74 Å². The molecule has 0 heterocycles. The van der Waals surface area contributed by atoms with Gasteiger partial charge >= 0.3 is 0 Å². The lowest BCUT2D eigenvalue weighted by Gasteiger charge is -2.08. The minimum Gasteiger partial charge on any atom is -0.457 e. The van der Waals surface area contributed by atoms with Crippen molar-refractivity contribution < 1.29 is 4.74 Å². The average Bonchev–Trinajstić information content (AvgIpc) is 2.42. The Morgan fingerprint density at radius 2 is 1.50 bits per heavy atom. The number of nitrogens with zero attached hydrogens (tertiary/aromatic N) is 2. The van der Waals surface area contributed by atoms with E-state index < -0.39 is 0 Å². The molecule has 0 aliphatic carbocycles. The molecule has 18 heavy (non-hydrogen) atoms. The van der Waals surface area contributed by atoms with E-state index >= 15 is 0 Å². The molecular weight excluding hydrogens is 224 g/mol. The van der Waals surface area contributed by atoms with Gasteiger partial charge in [0.25, 0.3) is 0 Å². The summed E-state index contributed by atoms with van der Waals surface area (Å²) in [6.07, 6.45) is 0. The Labute approximate surface area is 105 Å². The van der Waals surface area contributed by atoms with E-state index in [1.54, 1.807) is 36.4 Å². The van der Waals surface area contributed by atoms with E-state index in [1.807, 2.05) is 19.1 Å². The van der Waals surface area contributed by atoms with Crippen LogP contribution in [0.15, 0.2) is 42.5 Å². The second kappa shape index (κ2) is 5.03. The molecule has 0 fully saturated rings. The van der Waals surface area contributed by atoms with Crippen molar-refractivity contribution in [1.82, 2.24) is 0 Å². The third-order valence-corrected chi connectivity index (χ3v) is 2.53. The molecule has 0 aliphatic heterocycles. The van der Waals surface area contributed by atoms with Gasteiger partial charge in [-0.2, -0.15) is 10.5 Å². The maximum atomic E-state index is 8.85. The molecule has 0 radical (unpaired) electrons. The quantitative estimate of drug-likeness (QED) is 0.798. The number of aryl methyl sites for hydroxylation is 1. The Balaban J connectivity index is 2.28. The van der Waals surface area contributed by atoms with Crippen molar-refractivity contribution in [2.75, 3.05) is 0 Å². The summed E-state index contributed by atoms with van der Waals surface area (Å²) in [5, 5.41) is 17.5. The zero-order valence-corrected chi connectivity index (χ0v) is 9.84. The lowest BCUT2D eigenvalue weighted by Crippen LogP contribution is -1.89. The zero-order chi connectivity index (χ0) is 13.0. The Morgan fingerprint density at radius 3 is 2.11 bits per heavy atom. The summed E-state index contributed by atoms with van der Waals surface area (Å²) in [5.41, 5.74) is 2.10. The molecule has 0 amide bonds. The van der Waals surface area contributed by atoms with Gasteiger partial charge in [0.1, 0.15) is 11.5 Å². The molecule has 0 saturated carbocycles. The highest BCUT2D eigenvalue weighted by Crippen LogP contribution is 2.26. The van der Waals surface area contributed by atoms with Gasteiger partial charge in [0.15, 0.2) is 0 Å². The van der Waals surface area contributed by atoms with Crippen molar-refractivity contribution in [3.63, 3.8) is 0 Å². The van der Waals surface area contributed by atoms with Gasteiger partial charge in [-0.05, 0) is 48.9 Å². The first-order valence-corrected chi connectivity index (χ1v) is 5.41. The van der Waals surface area contributed by atoms with Crippen molar-refractivity contribution >= 4 is 0 Å². The minimum atomic E-state index is 0.559. The van der Waals surface area contributed by atoms with Crippen LogP contribution in [-0.2, 0) is 0 Å². The second-order valence-corrected chi connectivity index (χ2v) is 3.83. The number of ether oxygens (including phenoxy) is 1. The highest BCUT2D eigenvalue weighted by atomic mass is 16.5. The number of hydrogen-bond acceptors (Lipinski definition) is 3. The van der Waals surface area contributed by atoms with Crippen LogP contribution in [0.1, 0.15) is 16.7 Å². The molecule has 3 nitrogen and oxygen atoms in total. The first-order valence-electron chi connectivity index (χ1n) is 5.41. The monoisotopic (exact) mass is 234 g/mol. The molecule has 0 bridgehead atoms. The zero-order valence-electron chi connectivity index (χ0n) is 9.84. The van der Waals surface area contributed by atoms with E-state index in [1.165, 1.54) is 0 Å². The first kappa shape index (κ1) is 11.7. The molecule has 0 aliphatic rings. The molecule has 0 atom stereocenters. The van der Waals surface area contributed by atoms with E-state index in [4.69, 9.17) is 15.3 Å². The Bertz CT molecular complexity index is 646. The van der Waals surface area contributed by atoms with Gasteiger partial charge in [-0.1, -0.05) is 6.07 Å². The van der Waals surface area contributed by atoms with Gasteiger partial charge in [-0.25, -0.2) is 0 Å². The van der Waals surface area contributed by atoms with Crippen LogP contribution in [0.5, 0.6) is 11.5 Å². The molecule has 0 unspecified atom stereocenters. The highest BCUT2D eigenvalue weighted by Gasteiger charge is 2.03. The Morgan fingerprint density at radius 1 is 0.889 bits per heavy atom. The third kappa shape index (κ3) is 2.48. The van der Waals surface area contributed by atoms with Crippen LogP contribution in [-0.4, -0.2) is 0 Å². The molecule has 3 heteroatoms. The van der Waals surface area contributed by atoms with Crippen molar-refractivity contribution in [2.24, 2.45) is 0 Å². The molecule has 2 aromatic carbocycles. The molecule has 86 valence electrons. The maximum Gasteiger partial charge on any atom is 0.131 e. The van der Waals surface area contributed by atoms with Crippen LogP contribution in [0.4, 0.5) is 0 Å². The first-order chi connectivity index (χ1) is 8.72. The van der Waals surface area contributed by atoms with Gasteiger partial charge < -0.3 is 4.74 Å². The molecule has 0 aromatic heterocycles. The summed E-state index contributed by atoms with van der Waals surface area (Å²) in [5.74, 6) is 1.30. The fourth-order valence-electron chi connectivity index (χ4n) is 1.50. The van der Waals surface area contributed by atoms with Gasteiger partial charge in [0.2, 0.25) is 0 Å². The summed E-state index contributed by atoms with van der Waals surface area (Å²) >= 11 is 0. The largest absolute Gasteiger partial charge is 0.457 e. The van der Waals surface area contributed by atoms with Crippen LogP contribution in [0.25, 0.3) is 0 Å². The van der Waals surface area contributed by atoms with E-state index in [9.17, 15) is 0 Å². The highest BCUT2D eigenvalue weighted by molar-refractivity contribution is 5.44. The Hall–Kier alpha value is -2.78. The van der Waals surface area contributed by atoms with Crippen LogP contribution in [0, 0.1) is 29.6 Å². The smallest absolute Gasteiger partial charge is 0.131 e. The van der Waals surface area contributed by atoms with Crippen LogP contribution in [0.3, 0.4) is 0 Å². The summed E-state index contributed by atoms with van der Waals surface area (Å²) in [6, 6.07) is 16.3. The molecular formula is C15H10N2O. The third-order valence-electron chi connectivity index (χ3n) is 2.53. The van der Waals surface area contributed by atoms with Crippen molar-refractivity contribution in [2.45, 2.75) is 6.92 Å². The predicted octanol–water partition coefficient (Wildman–Crippen LogP) is 3.53. The summed E-state index contributed by atoms with van der Waals surface area (Å²) in [7, 11) is 0. The van der Waals surface area contributed by atoms with Gasteiger partial charge in [0, 0.05) is 0 Å². The Kier molecular flexibility index (Phi) is 3.27. The fourth-order valence-corrected chi connectivity index (χ4v) is 1.50. The van der Waals surface area contributed by atoms with E-state index in [0.717, 1.165) is 5.56 Å². The molecule has 2 rings (SSSR count). The minimum absolute atomic E-state index is 0.559. The number of hydrogen-bond donors (Lipinski definition) is 0. The molecule has 2 aromatic rings. The molecule has 0 spiro atoms. The van der Waals surface area contributed by atoms with Gasteiger partial charge in [0.05, 0.1) is 23.3 Å². The van der Waals surface area contributed by atoms with Gasteiger partial charge in [-0.15, -0.1) is 0 Å². The number of benzene rings is 2.